The maximum atomic E-state index is 11.8. The van der Waals surface area contributed by atoms with Crippen LogP contribution in [-0.4, -0.2) is 28.6 Å². The zero-order valence-corrected chi connectivity index (χ0v) is 11.2. The summed E-state index contributed by atoms with van der Waals surface area (Å²) < 4.78 is 0. The maximum absolute atomic E-state index is 11.8. The molecule has 1 aliphatic heterocycles. The van der Waals surface area contributed by atoms with Crippen LogP contribution < -0.4 is 5.32 Å². The third-order valence-corrected chi connectivity index (χ3v) is 4.95. The standard InChI is InChI=1S/C12H17NO2S2/c14-10(9-4-6-16-8-9)7-13-12(15)11-3-1-2-5-17-11/h4,6,8,10-11,14H,1-3,5,7H2,(H,13,15). The van der Waals surface area contributed by atoms with Gasteiger partial charge in [-0.3, -0.25) is 4.79 Å². The van der Waals surface area contributed by atoms with Crippen molar-refractivity contribution in [3.05, 3.63) is 22.4 Å². The molecular formula is C12H17NO2S2. The van der Waals surface area contributed by atoms with Crippen molar-refractivity contribution in [2.24, 2.45) is 0 Å². The topological polar surface area (TPSA) is 49.3 Å². The van der Waals surface area contributed by atoms with E-state index in [2.05, 4.69) is 5.32 Å². The number of hydrogen-bond donors (Lipinski definition) is 2. The zero-order valence-electron chi connectivity index (χ0n) is 9.59. The highest BCUT2D eigenvalue weighted by Gasteiger charge is 2.22. The van der Waals surface area contributed by atoms with E-state index in [1.165, 1.54) is 6.42 Å². The Bertz CT molecular complexity index is 347. The van der Waals surface area contributed by atoms with Gasteiger partial charge in [-0.25, -0.2) is 0 Å². The summed E-state index contributed by atoms with van der Waals surface area (Å²) in [5, 5.41) is 16.6. The summed E-state index contributed by atoms with van der Waals surface area (Å²) in [6.45, 7) is 0.312. The smallest absolute Gasteiger partial charge is 0.233 e. The molecule has 0 radical (unpaired) electrons. The van der Waals surface area contributed by atoms with Crippen molar-refractivity contribution in [1.29, 1.82) is 0 Å². The summed E-state index contributed by atoms with van der Waals surface area (Å²) in [4.78, 5) is 11.8. The Hall–Kier alpha value is -0.520. The molecule has 2 N–H and O–H groups in total. The molecule has 3 nitrogen and oxygen atoms in total. The summed E-state index contributed by atoms with van der Waals surface area (Å²) >= 11 is 3.28. The summed E-state index contributed by atoms with van der Waals surface area (Å²) in [5.41, 5.74) is 0.881. The van der Waals surface area contributed by atoms with Crippen LogP contribution in [-0.2, 0) is 4.79 Å². The molecular weight excluding hydrogens is 254 g/mol. The second kappa shape index (κ2) is 6.42. The SMILES string of the molecule is O=C(NCC(O)c1ccsc1)C1CCCCS1. The fraction of sp³-hybridized carbons (Fsp3) is 0.583. The van der Waals surface area contributed by atoms with Crippen molar-refractivity contribution in [2.75, 3.05) is 12.3 Å². The minimum Gasteiger partial charge on any atom is -0.387 e. The predicted molar refractivity (Wildman–Crippen MR) is 72.4 cm³/mol. The fourth-order valence-electron chi connectivity index (χ4n) is 1.84. The minimum atomic E-state index is -0.584. The quantitative estimate of drug-likeness (QED) is 0.882. The van der Waals surface area contributed by atoms with Gasteiger partial charge >= 0.3 is 0 Å². The van der Waals surface area contributed by atoms with Gasteiger partial charge in [-0.15, -0.1) is 11.8 Å². The predicted octanol–water partition coefficient (Wildman–Crippen LogP) is 2.18. The lowest BCUT2D eigenvalue weighted by Crippen LogP contribution is -2.36. The molecule has 2 unspecified atom stereocenters. The molecule has 0 spiro atoms. The highest BCUT2D eigenvalue weighted by Crippen LogP contribution is 2.25. The Balaban J connectivity index is 1.75. The van der Waals surface area contributed by atoms with Crippen molar-refractivity contribution in [2.45, 2.75) is 30.6 Å². The highest BCUT2D eigenvalue weighted by atomic mass is 32.2. The highest BCUT2D eigenvalue weighted by molar-refractivity contribution is 8.00. The van der Waals surface area contributed by atoms with Crippen LogP contribution in [0.4, 0.5) is 0 Å². The molecule has 0 aliphatic carbocycles. The number of thioether (sulfide) groups is 1. The number of aliphatic hydroxyl groups excluding tert-OH is 1. The first-order valence-corrected chi connectivity index (χ1v) is 7.86. The summed E-state index contributed by atoms with van der Waals surface area (Å²) in [6.07, 6.45) is 2.73. The van der Waals surface area contributed by atoms with Crippen molar-refractivity contribution < 1.29 is 9.90 Å². The molecule has 1 aromatic heterocycles. The van der Waals surface area contributed by atoms with Gasteiger partial charge in [-0.2, -0.15) is 11.3 Å². The van der Waals surface area contributed by atoms with Crippen LogP contribution in [0.5, 0.6) is 0 Å². The molecule has 1 aromatic rings. The molecule has 1 aliphatic rings. The van der Waals surface area contributed by atoms with Crippen LogP contribution in [0.25, 0.3) is 0 Å². The monoisotopic (exact) mass is 271 g/mol. The van der Waals surface area contributed by atoms with Crippen LogP contribution in [0.2, 0.25) is 0 Å². The summed E-state index contributed by atoms with van der Waals surface area (Å²) in [5.74, 6) is 1.15. The number of rotatable bonds is 4. The molecule has 1 saturated heterocycles. The first kappa shape index (κ1) is 12.9. The average molecular weight is 271 g/mol. The van der Waals surface area contributed by atoms with Gasteiger partial charge in [0.1, 0.15) is 0 Å². The molecule has 0 aromatic carbocycles. The Morgan fingerprint density at radius 3 is 3.12 bits per heavy atom. The van der Waals surface area contributed by atoms with Gasteiger partial charge in [0.25, 0.3) is 0 Å². The van der Waals surface area contributed by atoms with Crippen LogP contribution >= 0.6 is 23.1 Å². The largest absolute Gasteiger partial charge is 0.387 e. The number of amides is 1. The van der Waals surface area contributed by atoms with E-state index in [0.717, 1.165) is 24.2 Å². The van der Waals surface area contributed by atoms with Gasteiger partial charge in [0.2, 0.25) is 5.91 Å². The molecule has 2 rings (SSSR count). The van der Waals surface area contributed by atoms with Gasteiger partial charge in [-0.1, -0.05) is 6.42 Å². The Morgan fingerprint density at radius 2 is 2.47 bits per heavy atom. The van der Waals surface area contributed by atoms with Crippen molar-refractivity contribution in [3.8, 4) is 0 Å². The zero-order chi connectivity index (χ0) is 12.1. The van der Waals surface area contributed by atoms with Crippen molar-refractivity contribution >= 4 is 29.0 Å². The first-order valence-electron chi connectivity index (χ1n) is 5.87. The number of carbonyl (C=O) groups is 1. The second-order valence-electron chi connectivity index (χ2n) is 4.17. The lowest BCUT2D eigenvalue weighted by molar-refractivity contribution is -0.121. The van der Waals surface area contributed by atoms with Crippen LogP contribution in [0.1, 0.15) is 30.9 Å². The van der Waals surface area contributed by atoms with E-state index in [-0.39, 0.29) is 11.2 Å². The second-order valence-corrected chi connectivity index (χ2v) is 6.26. The number of nitrogens with one attached hydrogen (secondary N) is 1. The van der Waals surface area contributed by atoms with Gasteiger partial charge in [-0.05, 0) is 41.0 Å². The van der Waals surface area contributed by atoms with E-state index >= 15 is 0 Å². The van der Waals surface area contributed by atoms with E-state index in [1.54, 1.807) is 23.1 Å². The number of hydrogen-bond acceptors (Lipinski definition) is 4. The number of carbonyl (C=O) groups excluding carboxylic acids is 1. The Morgan fingerprint density at radius 1 is 1.59 bits per heavy atom. The van der Waals surface area contributed by atoms with E-state index in [1.807, 2.05) is 16.8 Å². The van der Waals surface area contributed by atoms with E-state index < -0.39 is 6.10 Å². The third-order valence-electron chi connectivity index (χ3n) is 2.87. The molecule has 0 bridgehead atoms. The number of aliphatic hydroxyl groups is 1. The molecule has 17 heavy (non-hydrogen) atoms. The van der Waals surface area contributed by atoms with Crippen LogP contribution in [0, 0.1) is 0 Å². The molecule has 94 valence electrons. The Kier molecular flexibility index (Phi) is 4.88. The lowest BCUT2D eigenvalue weighted by atomic mass is 10.1. The average Bonchev–Trinajstić information content (AvgIpc) is 2.90. The molecule has 1 fully saturated rings. The van der Waals surface area contributed by atoms with E-state index in [0.29, 0.717) is 6.54 Å². The van der Waals surface area contributed by atoms with Gasteiger partial charge in [0, 0.05) is 6.54 Å². The summed E-state index contributed by atoms with van der Waals surface area (Å²) in [7, 11) is 0. The van der Waals surface area contributed by atoms with Gasteiger partial charge in [0.05, 0.1) is 11.4 Å². The van der Waals surface area contributed by atoms with Gasteiger partial charge < -0.3 is 10.4 Å². The number of thiophene rings is 1. The van der Waals surface area contributed by atoms with Gasteiger partial charge in [0.15, 0.2) is 0 Å². The van der Waals surface area contributed by atoms with Crippen LogP contribution in [0.3, 0.4) is 0 Å². The molecule has 2 heterocycles. The summed E-state index contributed by atoms with van der Waals surface area (Å²) in [6, 6.07) is 1.89. The molecule has 2 atom stereocenters. The maximum Gasteiger partial charge on any atom is 0.233 e. The lowest BCUT2D eigenvalue weighted by Gasteiger charge is -2.21. The molecule has 1 amide bonds. The van der Waals surface area contributed by atoms with E-state index in [4.69, 9.17) is 0 Å². The first-order chi connectivity index (χ1) is 8.27. The minimum absolute atomic E-state index is 0.0731. The van der Waals surface area contributed by atoms with Crippen molar-refractivity contribution in [3.63, 3.8) is 0 Å². The third kappa shape index (κ3) is 3.72. The Labute approximate surface area is 110 Å². The van der Waals surface area contributed by atoms with Crippen LogP contribution in [0.15, 0.2) is 16.8 Å². The van der Waals surface area contributed by atoms with Crippen molar-refractivity contribution in [1.82, 2.24) is 5.32 Å². The normalized spacial score (nSPS) is 22.1. The van der Waals surface area contributed by atoms with E-state index in [9.17, 15) is 9.90 Å². The molecule has 5 heteroatoms. The fourth-order valence-corrected chi connectivity index (χ4v) is 3.77. The molecule has 0 saturated carbocycles.